The van der Waals surface area contributed by atoms with Gasteiger partial charge < -0.3 is 21.7 Å². The number of rotatable bonds is 5. The molecule has 0 aliphatic carbocycles. The highest BCUT2D eigenvalue weighted by Crippen LogP contribution is 2.28. The number of hydrogen-bond acceptors (Lipinski definition) is 5. The third-order valence-electron chi connectivity index (χ3n) is 4.61. The van der Waals surface area contributed by atoms with Crippen LogP contribution in [0.5, 0.6) is 0 Å². The summed E-state index contributed by atoms with van der Waals surface area (Å²) in [6, 6.07) is 8.34. The predicted molar refractivity (Wildman–Crippen MR) is 97.0 cm³/mol. The minimum absolute atomic E-state index is 0.0368. The number of nitrogens with one attached hydrogen (secondary N) is 1. The highest BCUT2D eigenvalue weighted by atomic mass is 16.2. The van der Waals surface area contributed by atoms with Crippen LogP contribution >= 0.6 is 0 Å². The largest absolute Gasteiger partial charge is 0.368 e. The van der Waals surface area contributed by atoms with E-state index in [1.54, 1.807) is 11.1 Å². The molecule has 136 valence electrons. The molecule has 0 radical (unpaired) electrons. The molecule has 5 N–H and O–H groups in total. The molecule has 1 aliphatic heterocycles. The third-order valence-corrected chi connectivity index (χ3v) is 4.61. The Labute approximate surface area is 151 Å². The maximum Gasteiger partial charge on any atom is 0.312 e. The van der Waals surface area contributed by atoms with Crippen molar-refractivity contribution in [3.63, 3.8) is 0 Å². The second-order valence-electron chi connectivity index (χ2n) is 6.46. The molecule has 3 rings (SSSR count). The zero-order chi connectivity index (χ0) is 18.7. The molecular formula is C18H22N6O2. The summed E-state index contributed by atoms with van der Waals surface area (Å²) in [6.07, 6.45) is 1.78. The number of carbonyl (C=O) groups excluding carboxylic acids is 2. The first-order valence-electron chi connectivity index (χ1n) is 8.41. The summed E-state index contributed by atoms with van der Waals surface area (Å²) in [7, 11) is 0. The van der Waals surface area contributed by atoms with Gasteiger partial charge in [0, 0.05) is 25.2 Å². The molecule has 1 unspecified atom stereocenters. The zero-order valence-corrected chi connectivity index (χ0v) is 14.6. The number of aryl methyl sites for hydroxylation is 1. The molecule has 26 heavy (non-hydrogen) atoms. The van der Waals surface area contributed by atoms with Crippen molar-refractivity contribution in [1.29, 1.82) is 0 Å². The van der Waals surface area contributed by atoms with Gasteiger partial charge in [-0.15, -0.1) is 0 Å². The van der Waals surface area contributed by atoms with Crippen LogP contribution in [-0.2, 0) is 4.79 Å². The van der Waals surface area contributed by atoms with Gasteiger partial charge in [0.15, 0.2) is 0 Å². The highest BCUT2D eigenvalue weighted by Gasteiger charge is 2.34. The van der Waals surface area contributed by atoms with Gasteiger partial charge in [-0.2, -0.15) is 0 Å². The van der Waals surface area contributed by atoms with E-state index in [0.717, 1.165) is 16.8 Å². The summed E-state index contributed by atoms with van der Waals surface area (Å²) >= 11 is 0. The summed E-state index contributed by atoms with van der Waals surface area (Å²) < 4.78 is 0. The Kier molecular flexibility index (Phi) is 5.01. The van der Waals surface area contributed by atoms with Gasteiger partial charge >= 0.3 is 6.03 Å². The van der Waals surface area contributed by atoms with Gasteiger partial charge in [-0.3, -0.25) is 4.79 Å². The van der Waals surface area contributed by atoms with Crippen LogP contribution in [0.25, 0.3) is 0 Å². The molecule has 1 aromatic carbocycles. The van der Waals surface area contributed by atoms with Crippen LogP contribution in [0.15, 0.2) is 36.5 Å². The van der Waals surface area contributed by atoms with Gasteiger partial charge in [-0.1, -0.05) is 24.3 Å². The summed E-state index contributed by atoms with van der Waals surface area (Å²) in [5.74, 6) is 0.355. The molecule has 1 aromatic heterocycles. The molecule has 2 heterocycles. The van der Waals surface area contributed by atoms with Crippen LogP contribution in [0.1, 0.15) is 35.2 Å². The lowest BCUT2D eigenvalue weighted by Crippen LogP contribution is -2.50. The maximum atomic E-state index is 12.6. The van der Waals surface area contributed by atoms with Crippen LogP contribution in [0.2, 0.25) is 0 Å². The molecule has 8 nitrogen and oxygen atoms in total. The number of nitrogens with two attached hydrogens (primary N) is 2. The van der Waals surface area contributed by atoms with Crippen LogP contribution in [0, 0.1) is 6.92 Å². The number of nitrogens with zero attached hydrogens (tertiary/aromatic N) is 3. The van der Waals surface area contributed by atoms with Gasteiger partial charge in [0.2, 0.25) is 11.9 Å². The number of nitrogen functional groups attached to an aromatic ring is 1. The van der Waals surface area contributed by atoms with E-state index in [0.29, 0.717) is 13.1 Å². The van der Waals surface area contributed by atoms with Crippen molar-refractivity contribution in [2.24, 2.45) is 5.73 Å². The molecule has 0 spiro atoms. The summed E-state index contributed by atoms with van der Waals surface area (Å²) in [5.41, 5.74) is 13.6. The average Bonchev–Trinajstić information content (AvgIpc) is 2.53. The Morgan fingerprint density at radius 2 is 2.04 bits per heavy atom. The molecule has 0 bridgehead atoms. The number of aromatic nitrogens is 2. The summed E-state index contributed by atoms with van der Waals surface area (Å²) in [6.45, 7) is 3.09. The molecule has 1 atom stereocenters. The normalized spacial score (nSPS) is 15.2. The number of primary amides is 1. The van der Waals surface area contributed by atoms with Gasteiger partial charge in [-0.05, 0) is 24.1 Å². The van der Waals surface area contributed by atoms with Crippen LogP contribution in [0.4, 0.5) is 10.7 Å². The number of anilines is 1. The first-order chi connectivity index (χ1) is 12.4. The fourth-order valence-electron chi connectivity index (χ4n) is 3.18. The van der Waals surface area contributed by atoms with Crippen molar-refractivity contribution in [1.82, 2.24) is 20.2 Å². The fourth-order valence-corrected chi connectivity index (χ4v) is 3.18. The van der Waals surface area contributed by atoms with E-state index in [1.807, 2.05) is 37.3 Å². The predicted octanol–water partition coefficient (Wildman–Crippen LogP) is 1.09. The number of urea groups is 1. The average molecular weight is 354 g/mol. The van der Waals surface area contributed by atoms with Gasteiger partial charge in [-0.25, -0.2) is 14.8 Å². The van der Waals surface area contributed by atoms with Crippen molar-refractivity contribution in [3.8, 4) is 0 Å². The Hall–Kier alpha value is -3.16. The topological polar surface area (TPSA) is 127 Å². The lowest BCUT2D eigenvalue weighted by molar-refractivity contribution is -0.136. The van der Waals surface area contributed by atoms with Crippen molar-refractivity contribution in [2.75, 3.05) is 18.8 Å². The Morgan fingerprint density at radius 1 is 1.31 bits per heavy atom. The first kappa shape index (κ1) is 17.7. The van der Waals surface area contributed by atoms with Gasteiger partial charge in [0.25, 0.3) is 0 Å². The van der Waals surface area contributed by atoms with E-state index in [-0.39, 0.29) is 24.2 Å². The number of likely N-dealkylation sites (tertiary alicyclic amines) is 1. The van der Waals surface area contributed by atoms with E-state index in [4.69, 9.17) is 11.5 Å². The number of benzene rings is 1. The summed E-state index contributed by atoms with van der Waals surface area (Å²) in [4.78, 5) is 33.8. The van der Waals surface area contributed by atoms with E-state index in [9.17, 15) is 9.59 Å². The molecule has 1 aliphatic rings. The molecule has 8 heteroatoms. The van der Waals surface area contributed by atoms with Crippen LogP contribution < -0.4 is 16.8 Å². The molecular weight excluding hydrogens is 332 g/mol. The number of hydrogen-bond donors (Lipinski definition) is 3. The molecule has 3 amide bonds. The van der Waals surface area contributed by atoms with E-state index in [1.165, 1.54) is 0 Å². The fraction of sp³-hybridized carbons (Fsp3) is 0.333. The van der Waals surface area contributed by atoms with Crippen LogP contribution in [0.3, 0.4) is 0 Å². The zero-order valence-electron chi connectivity index (χ0n) is 14.6. The van der Waals surface area contributed by atoms with Crippen molar-refractivity contribution >= 4 is 17.9 Å². The lowest BCUT2D eigenvalue weighted by atomic mass is 9.93. The Balaban J connectivity index is 1.64. The standard InChI is InChI=1S/C18H22N6O2/c1-11-4-2-3-5-13(11)15(23-18(20)26)8-16(25)24-9-12(10-24)14-6-7-21-17(19)22-14/h2-7,12,15H,8-10H2,1H3,(H2,19,21,22)(H3,20,23,26). The van der Waals surface area contributed by atoms with E-state index in [2.05, 4.69) is 15.3 Å². The van der Waals surface area contributed by atoms with Crippen LogP contribution in [-0.4, -0.2) is 39.9 Å². The second kappa shape index (κ2) is 7.38. The second-order valence-corrected chi connectivity index (χ2v) is 6.46. The molecule has 2 aromatic rings. The maximum absolute atomic E-state index is 12.6. The minimum Gasteiger partial charge on any atom is -0.368 e. The molecule has 1 fully saturated rings. The number of carbonyl (C=O) groups is 2. The SMILES string of the molecule is Cc1ccccc1C(CC(=O)N1CC(c2ccnc(N)n2)C1)NC(N)=O. The monoisotopic (exact) mass is 354 g/mol. The highest BCUT2D eigenvalue weighted by molar-refractivity contribution is 5.80. The third kappa shape index (κ3) is 3.90. The smallest absolute Gasteiger partial charge is 0.312 e. The van der Waals surface area contributed by atoms with Gasteiger partial charge in [0.05, 0.1) is 18.2 Å². The lowest BCUT2D eigenvalue weighted by Gasteiger charge is -2.39. The summed E-state index contributed by atoms with van der Waals surface area (Å²) in [5, 5.41) is 2.68. The Bertz CT molecular complexity index is 819. The molecule has 1 saturated heterocycles. The minimum atomic E-state index is -0.649. The molecule has 0 saturated carbocycles. The first-order valence-corrected chi connectivity index (χ1v) is 8.41. The van der Waals surface area contributed by atoms with Crippen molar-refractivity contribution < 1.29 is 9.59 Å². The quantitative estimate of drug-likeness (QED) is 0.741. The van der Waals surface area contributed by atoms with Crippen molar-refractivity contribution in [3.05, 3.63) is 53.3 Å². The van der Waals surface area contributed by atoms with E-state index >= 15 is 0 Å². The van der Waals surface area contributed by atoms with E-state index < -0.39 is 12.1 Å². The number of amides is 3. The van der Waals surface area contributed by atoms with Crippen molar-refractivity contribution in [2.45, 2.75) is 25.3 Å². The Morgan fingerprint density at radius 3 is 2.69 bits per heavy atom. The van der Waals surface area contributed by atoms with Gasteiger partial charge in [0.1, 0.15) is 0 Å².